The number of ether oxygens (including phenoxy) is 2. The highest BCUT2D eigenvalue weighted by atomic mass is 16.5. The molecule has 1 heterocycles. The van der Waals surface area contributed by atoms with Crippen LogP contribution >= 0.6 is 0 Å². The molecule has 0 aromatic heterocycles. The molecule has 16 nitrogen and oxygen atoms in total. The van der Waals surface area contributed by atoms with E-state index in [0.29, 0.717) is 45.0 Å². The van der Waals surface area contributed by atoms with Crippen molar-refractivity contribution in [1.82, 2.24) is 26.2 Å². The molecule has 5 amide bonds. The van der Waals surface area contributed by atoms with Crippen LogP contribution in [0.3, 0.4) is 0 Å². The van der Waals surface area contributed by atoms with Gasteiger partial charge in [0.05, 0.1) is 13.2 Å². The first-order chi connectivity index (χ1) is 31.1. The van der Waals surface area contributed by atoms with Gasteiger partial charge in [0, 0.05) is 49.0 Å². The van der Waals surface area contributed by atoms with E-state index in [0.717, 1.165) is 35.3 Å². The van der Waals surface area contributed by atoms with Crippen LogP contribution in [0.15, 0.2) is 54.6 Å². The van der Waals surface area contributed by atoms with Crippen LogP contribution in [0.25, 0.3) is 11.1 Å². The van der Waals surface area contributed by atoms with E-state index in [2.05, 4.69) is 28.2 Å². The zero-order valence-electron chi connectivity index (χ0n) is 38.9. The van der Waals surface area contributed by atoms with Crippen molar-refractivity contribution in [1.29, 1.82) is 5.41 Å². The molecule has 0 saturated carbocycles. The molecule has 0 fully saturated rings. The monoisotopic (exact) mass is 899 g/mol. The third-order valence-corrected chi connectivity index (χ3v) is 11.5. The van der Waals surface area contributed by atoms with Crippen LogP contribution in [-0.2, 0) is 32.0 Å². The number of benzene rings is 3. The average molecular weight is 899 g/mol. The second-order valence-corrected chi connectivity index (χ2v) is 17.0. The minimum Gasteiger partial charge on any atom is -0.492 e. The lowest BCUT2D eigenvalue weighted by atomic mass is 9.93. The van der Waals surface area contributed by atoms with Gasteiger partial charge < -0.3 is 57.6 Å². The normalized spacial score (nSPS) is 16.7. The Balaban J connectivity index is 1.74. The molecule has 1 aliphatic rings. The summed E-state index contributed by atoms with van der Waals surface area (Å²) in [7, 11) is 1.38. The Bertz CT molecular complexity index is 2130. The molecular formula is C49H70N8O8. The standard InChI is InChI=1S/C49H70N8O8/c1-7-8-9-10-11-12-13-33-14-17-36(31(4)24-33)46(60)56-41(29-58)49(63)57(6)44-35-16-19-43(65-23-21-51)38(27-35)37-25-34(15-18-42(37)64-22-20-50)26-40(47(61)53-28-39(52)30(2)3)55-45(59)32(5)54-48(44)62/h14-19,24-25,27,30,32,40-41,44,52,58H,7-13,20-23,26,28-29,50-51H2,1-6H3,(H,53,61)(H,54,62)(H,55,59)(H,56,60). The molecule has 0 saturated heterocycles. The number of nitrogens with zero attached hydrogens (tertiary/aromatic N) is 1. The van der Waals surface area contributed by atoms with Gasteiger partial charge in [0.15, 0.2) is 0 Å². The zero-order chi connectivity index (χ0) is 47.6. The van der Waals surface area contributed by atoms with Gasteiger partial charge in [-0.3, -0.25) is 24.0 Å². The van der Waals surface area contributed by atoms with E-state index in [9.17, 15) is 29.1 Å². The predicted molar refractivity (Wildman–Crippen MR) is 252 cm³/mol. The maximum absolute atomic E-state index is 14.5. The van der Waals surface area contributed by atoms with Gasteiger partial charge in [0.25, 0.3) is 5.91 Å². The second-order valence-electron chi connectivity index (χ2n) is 17.0. The summed E-state index contributed by atoms with van der Waals surface area (Å²) in [6, 6.07) is 10.6. The average Bonchev–Trinajstić information content (AvgIpc) is 3.29. The molecule has 354 valence electrons. The fraction of sp³-hybridized carbons (Fsp3) is 0.510. The van der Waals surface area contributed by atoms with Gasteiger partial charge in [-0.1, -0.05) is 77.1 Å². The Morgan fingerprint density at radius 2 is 1.54 bits per heavy atom. The summed E-state index contributed by atoms with van der Waals surface area (Å²) < 4.78 is 12.2. The summed E-state index contributed by atoms with van der Waals surface area (Å²) in [5, 5.41) is 29.7. The molecule has 65 heavy (non-hydrogen) atoms. The Morgan fingerprint density at radius 1 is 0.892 bits per heavy atom. The molecular weight excluding hydrogens is 829 g/mol. The van der Waals surface area contributed by atoms with Gasteiger partial charge in [0.1, 0.15) is 48.9 Å². The molecule has 16 heteroatoms. The fourth-order valence-corrected chi connectivity index (χ4v) is 7.63. The molecule has 3 aromatic rings. The number of hydrogen-bond donors (Lipinski definition) is 8. The topological polar surface area (TPSA) is 251 Å². The maximum atomic E-state index is 14.5. The molecule has 0 spiro atoms. The van der Waals surface area contributed by atoms with Gasteiger partial charge in [-0.25, -0.2) is 0 Å². The van der Waals surface area contributed by atoms with Crippen LogP contribution in [0, 0.1) is 18.3 Å². The van der Waals surface area contributed by atoms with Crippen LogP contribution in [0.2, 0.25) is 0 Å². The summed E-state index contributed by atoms with van der Waals surface area (Å²) in [5.74, 6) is -2.64. The number of aliphatic hydroxyl groups is 1. The number of hydrogen-bond acceptors (Lipinski definition) is 11. The fourth-order valence-electron chi connectivity index (χ4n) is 7.63. The Morgan fingerprint density at radius 3 is 2.17 bits per heavy atom. The number of amides is 5. The summed E-state index contributed by atoms with van der Waals surface area (Å²) in [4.78, 5) is 71.3. The highest BCUT2D eigenvalue weighted by Gasteiger charge is 2.36. The smallest absolute Gasteiger partial charge is 0.252 e. The Labute approximate surface area is 383 Å². The predicted octanol–water partition coefficient (Wildman–Crippen LogP) is 3.87. The Hall–Kier alpha value is -5.84. The van der Waals surface area contributed by atoms with E-state index >= 15 is 0 Å². The number of unbranched alkanes of at least 4 members (excludes halogenated alkanes) is 5. The molecule has 4 unspecified atom stereocenters. The third-order valence-electron chi connectivity index (χ3n) is 11.5. The molecule has 3 aromatic carbocycles. The van der Waals surface area contributed by atoms with Crippen molar-refractivity contribution < 1.29 is 38.6 Å². The molecule has 0 radical (unpaired) electrons. The lowest BCUT2D eigenvalue weighted by Crippen LogP contribution is -2.56. The van der Waals surface area contributed by atoms with Crippen molar-refractivity contribution in [3.05, 3.63) is 82.4 Å². The molecule has 4 rings (SSSR count). The number of fused-ring (bicyclic) bond motifs is 5. The van der Waals surface area contributed by atoms with E-state index in [1.165, 1.54) is 39.7 Å². The van der Waals surface area contributed by atoms with E-state index in [1.807, 2.05) is 32.9 Å². The summed E-state index contributed by atoms with van der Waals surface area (Å²) in [6.07, 6.45) is 7.95. The van der Waals surface area contributed by atoms with Crippen LogP contribution in [0.5, 0.6) is 11.5 Å². The highest BCUT2D eigenvalue weighted by molar-refractivity contribution is 6.00. The lowest BCUT2D eigenvalue weighted by Gasteiger charge is -2.32. The highest BCUT2D eigenvalue weighted by Crippen LogP contribution is 2.40. The van der Waals surface area contributed by atoms with E-state index in [4.69, 9.17) is 26.4 Å². The van der Waals surface area contributed by atoms with Crippen molar-refractivity contribution in [3.63, 3.8) is 0 Å². The minimum atomic E-state index is -1.45. The van der Waals surface area contributed by atoms with E-state index in [-0.39, 0.29) is 45.2 Å². The van der Waals surface area contributed by atoms with Crippen molar-refractivity contribution in [2.45, 2.75) is 110 Å². The van der Waals surface area contributed by atoms with E-state index < -0.39 is 60.3 Å². The van der Waals surface area contributed by atoms with E-state index in [1.54, 1.807) is 42.5 Å². The molecule has 10 N–H and O–H groups in total. The number of likely N-dealkylation sites (N-methyl/N-ethyl adjacent to an activating group) is 1. The lowest BCUT2D eigenvalue weighted by molar-refractivity contribution is -0.142. The van der Waals surface area contributed by atoms with Gasteiger partial charge >= 0.3 is 0 Å². The first kappa shape index (κ1) is 51.8. The number of nitrogens with two attached hydrogens (primary N) is 2. The Kier molecular flexibility index (Phi) is 20.4. The molecule has 4 atom stereocenters. The number of carbonyl (C=O) groups is 5. The largest absolute Gasteiger partial charge is 0.492 e. The first-order valence-corrected chi connectivity index (χ1v) is 22.8. The number of aryl methyl sites for hydroxylation is 2. The van der Waals surface area contributed by atoms with Gasteiger partial charge in [-0.2, -0.15) is 0 Å². The summed E-state index contributed by atoms with van der Waals surface area (Å²) >= 11 is 0. The van der Waals surface area contributed by atoms with Crippen molar-refractivity contribution in [2.24, 2.45) is 17.4 Å². The maximum Gasteiger partial charge on any atom is 0.252 e. The first-order valence-electron chi connectivity index (χ1n) is 22.8. The molecule has 1 aliphatic heterocycles. The van der Waals surface area contributed by atoms with Crippen LogP contribution in [-0.4, -0.2) is 110 Å². The zero-order valence-corrected chi connectivity index (χ0v) is 38.9. The van der Waals surface area contributed by atoms with Crippen LogP contribution in [0.1, 0.15) is 105 Å². The minimum absolute atomic E-state index is 0.0244. The van der Waals surface area contributed by atoms with Crippen molar-refractivity contribution in [2.75, 3.05) is 46.5 Å². The number of nitrogens with one attached hydrogen (secondary N) is 5. The molecule has 4 bridgehead atoms. The second kappa shape index (κ2) is 25.6. The van der Waals surface area contributed by atoms with Gasteiger partial charge in [-0.05, 0) is 85.2 Å². The number of aliphatic hydroxyl groups excluding tert-OH is 1. The van der Waals surface area contributed by atoms with Crippen LogP contribution in [0.4, 0.5) is 0 Å². The quantitative estimate of drug-likeness (QED) is 0.0534. The SMILES string of the molecule is CCCCCCCCc1ccc(C(=O)NC(CO)C(=O)N(C)C2C(=O)NC(C)C(=O)NC(C(=O)NCC(=N)C(C)C)Cc3ccc(OCCN)c(c3)-c3cc2ccc3OCCN)c(C)c1. The summed E-state index contributed by atoms with van der Waals surface area (Å²) in [5.41, 5.74) is 16.1. The number of carbonyl (C=O) groups excluding carboxylic acids is 5. The van der Waals surface area contributed by atoms with Crippen molar-refractivity contribution in [3.8, 4) is 22.6 Å². The van der Waals surface area contributed by atoms with Crippen LogP contribution < -0.4 is 42.2 Å². The summed E-state index contributed by atoms with van der Waals surface area (Å²) in [6.45, 7) is 9.06. The van der Waals surface area contributed by atoms with Crippen molar-refractivity contribution >= 4 is 35.2 Å². The third kappa shape index (κ3) is 14.6. The molecule has 0 aliphatic carbocycles. The van der Waals surface area contributed by atoms with Gasteiger partial charge in [0.2, 0.25) is 23.6 Å². The van der Waals surface area contributed by atoms with Gasteiger partial charge in [-0.15, -0.1) is 0 Å². The number of rotatable bonds is 22.